The Morgan fingerprint density at radius 1 is 1.47 bits per heavy atom. The second kappa shape index (κ2) is 5.97. The molecule has 0 aliphatic rings. The summed E-state index contributed by atoms with van der Waals surface area (Å²) in [6, 6.07) is 8.21. The molecule has 1 heterocycles. The molecule has 0 fully saturated rings. The van der Waals surface area contributed by atoms with Crippen LogP contribution in [-0.4, -0.2) is 20.2 Å². The van der Waals surface area contributed by atoms with Crippen LogP contribution in [0.4, 0.5) is 0 Å². The van der Waals surface area contributed by atoms with E-state index in [4.69, 9.17) is 0 Å². The van der Waals surface area contributed by atoms with Crippen molar-refractivity contribution in [1.82, 2.24) is 20.2 Å². The Morgan fingerprint density at radius 3 is 3.12 bits per heavy atom. The number of rotatable bonds is 5. The smallest absolute Gasteiger partial charge is 0.209 e. The molecule has 0 atom stereocenters. The molecule has 0 saturated carbocycles. The van der Waals surface area contributed by atoms with Crippen LogP contribution in [0.1, 0.15) is 5.56 Å². The minimum Gasteiger partial charge on any atom is -0.217 e. The van der Waals surface area contributed by atoms with Gasteiger partial charge in [-0.05, 0) is 28.1 Å². The number of nitrogens with zero attached hydrogens (tertiary/aromatic N) is 4. The fourth-order valence-corrected chi connectivity index (χ4v) is 2.59. The molecule has 0 N–H and O–H groups in total. The van der Waals surface area contributed by atoms with Crippen molar-refractivity contribution in [2.24, 2.45) is 0 Å². The highest BCUT2D eigenvalue weighted by Gasteiger charge is 2.05. The molecule has 0 bridgehead atoms. The third kappa shape index (κ3) is 3.41. The molecule has 88 valence electrons. The third-order valence-corrected chi connectivity index (χ3v) is 3.58. The third-order valence-electron chi connectivity index (χ3n) is 2.06. The molecule has 0 saturated heterocycles. The van der Waals surface area contributed by atoms with Gasteiger partial charge in [0.1, 0.15) is 0 Å². The quantitative estimate of drug-likeness (QED) is 0.629. The Hall–Kier alpha value is -1.14. The SMILES string of the molecule is C=CCn1nnnc1SCc1cccc(Br)c1. The summed E-state index contributed by atoms with van der Waals surface area (Å²) in [6.07, 6.45) is 1.78. The highest BCUT2D eigenvalue weighted by Crippen LogP contribution is 2.21. The highest BCUT2D eigenvalue weighted by atomic mass is 79.9. The van der Waals surface area contributed by atoms with E-state index < -0.39 is 0 Å². The maximum Gasteiger partial charge on any atom is 0.209 e. The lowest BCUT2D eigenvalue weighted by atomic mass is 10.2. The van der Waals surface area contributed by atoms with Crippen LogP contribution < -0.4 is 0 Å². The van der Waals surface area contributed by atoms with Gasteiger partial charge >= 0.3 is 0 Å². The number of benzene rings is 1. The maximum atomic E-state index is 3.98. The van der Waals surface area contributed by atoms with E-state index in [1.165, 1.54) is 5.56 Å². The van der Waals surface area contributed by atoms with Gasteiger partial charge in [-0.3, -0.25) is 0 Å². The molecule has 17 heavy (non-hydrogen) atoms. The number of allylic oxidation sites excluding steroid dienone is 1. The van der Waals surface area contributed by atoms with Crippen molar-refractivity contribution in [3.8, 4) is 0 Å². The van der Waals surface area contributed by atoms with Crippen LogP contribution in [0, 0.1) is 0 Å². The van der Waals surface area contributed by atoms with E-state index in [2.05, 4.69) is 50.2 Å². The van der Waals surface area contributed by atoms with Gasteiger partial charge in [-0.1, -0.05) is 45.9 Å². The Morgan fingerprint density at radius 2 is 2.35 bits per heavy atom. The monoisotopic (exact) mass is 310 g/mol. The van der Waals surface area contributed by atoms with E-state index in [1.54, 1.807) is 22.5 Å². The predicted molar refractivity (Wildman–Crippen MR) is 71.7 cm³/mol. The van der Waals surface area contributed by atoms with Crippen molar-refractivity contribution >= 4 is 27.7 Å². The summed E-state index contributed by atoms with van der Waals surface area (Å²) in [5.74, 6) is 0.844. The standard InChI is InChI=1S/C11H11BrN4S/c1-2-6-16-11(13-14-15-16)17-8-9-4-3-5-10(12)7-9/h2-5,7H,1,6,8H2. The van der Waals surface area contributed by atoms with E-state index in [9.17, 15) is 0 Å². The Balaban J connectivity index is 2.02. The molecule has 0 unspecified atom stereocenters. The van der Waals surface area contributed by atoms with Gasteiger partial charge in [-0.25, -0.2) is 4.68 Å². The van der Waals surface area contributed by atoms with Gasteiger partial charge in [0.25, 0.3) is 0 Å². The molecule has 4 nitrogen and oxygen atoms in total. The van der Waals surface area contributed by atoms with E-state index >= 15 is 0 Å². The second-order valence-corrected chi connectivity index (χ2v) is 5.21. The Kier molecular flexibility index (Phi) is 4.33. The van der Waals surface area contributed by atoms with Gasteiger partial charge in [0.15, 0.2) is 0 Å². The molecule has 0 radical (unpaired) electrons. The second-order valence-electron chi connectivity index (χ2n) is 3.35. The molecule has 0 aliphatic heterocycles. The van der Waals surface area contributed by atoms with Crippen LogP contribution in [0.5, 0.6) is 0 Å². The van der Waals surface area contributed by atoms with E-state index in [1.807, 2.05) is 12.1 Å². The van der Waals surface area contributed by atoms with Gasteiger partial charge in [0, 0.05) is 10.2 Å². The first kappa shape index (κ1) is 12.3. The number of tetrazole rings is 1. The van der Waals surface area contributed by atoms with Gasteiger partial charge in [0.2, 0.25) is 5.16 Å². The molecule has 2 aromatic rings. The Labute approximate surface area is 112 Å². The van der Waals surface area contributed by atoms with Gasteiger partial charge in [-0.15, -0.1) is 11.7 Å². The normalized spacial score (nSPS) is 10.4. The zero-order valence-electron chi connectivity index (χ0n) is 9.08. The van der Waals surface area contributed by atoms with Crippen molar-refractivity contribution < 1.29 is 0 Å². The first-order valence-electron chi connectivity index (χ1n) is 5.04. The molecule has 6 heteroatoms. The van der Waals surface area contributed by atoms with Crippen LogP contribution in [0.3, 0.4) is 0 Å². The summed E-state index contributed by atoms with van der Waals surface area (Å²) in [5, 5.41) is 12.3. The Bertz CT molecular complexity index is 512. The van der Waals surface area contributed by atoms with Crippen LogP contribution in [-0.2, 0) is 12.3 Å². The largest absolute Gasteiger partial charge is 0.217 e. The number of halogens is 1. The van der Waals surface area contributed by atoms with Gasteiger partial charge in [0.05, 0.1) is 6.54 Å². The lowest BCUT2D eigenvalue weighted by Crippen LogP contribution is -1.99. The molecule has 1 aromatic heterocycles. The molecule has 1 aromatic carbocycles. The average molecular weight is 311 g/mol. The van der Waals surface area contributed by atoms with E-state index in [0.717, 1.165) is 15.4 Å². The summed E-state index contributed by atoms with van der Waals surface area (Å²) >= 11 is 5.07. The molecule has 0 amide bonds. The summed E-state index contributed by atoms with van der Waals surface area (Å²) in [7, 11) is 0. The minimum absolute atomic E-state index is 0.633. The number of hydrogen-bond acceptors (Lipinski definition) is 4. The fraction of sp³-hybridized carbons (Fsp3) is 0.182. The summed E-state index contributed by atoms with van der Waals surface area (Å²) in [6.45, 7) is 4.31. The molecule has 0 spiro atoms. The van der Waals surface area contributed by atoms with E-state index in [0.29, 0.717) is 6.54 Å². The molecular weight excluding hydrogens is 300 g/mol. The fourth-order valence-electron chi connectivity index (χ4n) is 1.31. The average Bonchev–Trinajstić information content (AvgIpc) is 2.75. The summed E-state index contributed by atoms with van der Waals surface area (Å²) in [4.78, 5) is 0. The minimum atomic E-state index is 0.633. The number of aromatic nitrogens is 4. The predicted octanol–water partition coefficient (Wildman–Crippen LogP) is 2.91. The number of thioether (sulfide) groups is 1. The summed E-state index contributed by atoms with van der Waals surface area (Å²) < 4.78 is 2.82. The maximum absolute atomic E-state index is 3.98. The topological polar surface area (TPSA) is 43.6 Å². The van der Waals surface area contributed by atoms with Crippen LogP contribution in [0.15, 0.2) is 46.5 Å². The van der Waals surface area contributed by atoms with Crippen molar-refractivity contribution in [3.63, 3.8) is 0 Å². The lowest BCUT2D eigenvalue weighted by Gasteiger charge is -2.02. The number of hydrogen-bond donors (Lipinski definition) is 0. The van der Waals surface area contributed by atoms with Crippen molar-refractivity contribution in [1.29, 1.82) is 0 Å². The van der Waals surface area contributed by atoms with Crippen LogP contribution >= 0.6 is 27.7 Å². The lowest BCUT2D eigenvalue weighted by molar-refractivity contribution is 0.614. The van der Waals surface area contributed by atoms with Crippen molar-refractivity contribution in [3.05, 3.63) is 47.0 Å². The van der Waals surface area contributed by atoms with Gasteiger partial charge in [-0.2, -0.15) is 0 Å². The van der Waals surface area contributed by atoms with Gasteiger partial charge < -0.3 is 0 Å². The first-order chi connectivity index (χ1) is 8.29. The zero-order valence-corrected chi connectivity index (χ0v) is 11.5. The first-order valence-corrected chi connectivity index (χ1v) is 6.82. The molecule has 0 aliphatic carbocycles. The summed E-state index contributed by atoms with van der Waals surface area (Å²) in [5.41, 5.74) is 1.23. The van der Waals surface area contributed by atoms with Crippen LogP contribution in [0.25, 0.3) is 0 Å². The molecule has 2 rings (SSSR count). The van der Waals surface area contributed by atoms with Crippen molar-refractivity contribution in [2.45, 2.75) is 17.5 Å². The highest BCUT2D eigenvalue weighted by molar-refractivity contribution is 9.10. The zero-order chi connectivity index (χ0) is 12.1. The van der Waals surface area contributed by atoms with Crippen LogP contribution in [0.2, 0.25) is 0 Å². The molecular formula is C11H11BrN4S. The van der Waals surface area contributed by atoms with E-state index in [-0.39, 0.29) is 0 Å². The van der Waals surface area contributed by atoms with Crippen molar-refractivity contribution in [2.75, 3.05) is 0 Å².